The molecule has 0 aromatic rings. The molecule has 1 N–H and O–H groups in total. The van der Waals surface area contributed by atoms with Gasteiger partial charge in [-0.25, -0.2) is 0 Å². The summed E-state index contributed by atoms with van der Waals surface area (Å²) in [6.45, 7) is 1.53. The van der Waals surface area contributed by atoms with Gasteiger partial charge in [-0.15, -0.1) is 0 Å². The second-order valence-corrected chi connectivity index (χ2v) is 7.17. The third-order valence-electron chi connectivity index (χ3n) is 6.15. The number of hydrogen-bond acceptors (Lipinski definition) is 2. The lowest BCUT2D eigenvalue weighted by Gasteiger charge is -2.35. The summed E-state index contributed by atoms with van der Waals surface area (Å²) in [5.41, 5.74) is 0.0250. The van der Waals surface area contributed by atoms with Crippen LogP contribution in [-0.2, 0) is 9.59 Å². The van der Waals surface area contributed by atoms with Crippen molar-refractivity contribution in [3.63, 3.8) is 0 Å². The molecular weight excluding hydrogens is 254 g/mol. The van der Waals surface area contributed by atoms with Crippen molar-refractivity contribution in [2.75, 3.05) is 13.1 Å². The number of carbonyl (C=O) groups excluding carboxylic acids is 1. The minimum atomic E-state index is -0.650. The molecule has 0 aromatic carbocycles. The van der Waals surface area contributed by atoms with Crippen LogP contribution in [0.1, 0.15) is 32.1 Å². The minimum Gasteiger partial charge on any atom is -0.481 e. The summed E-state index contributed by atoms with van der Waals surface area (Å²) in [4.78, 5) is 25.7. The molecule has 4 heteroatoms. The first-order chi connectivity index (χ1) is 9.59. The number of carbonyl (C=O) groups is 2. The Labute approximate surface area is 118 Å². The van der Waals surface area contributed by atoms with Gasteiger partial charge < -0.3 is 10.0 Å². The first kappa shape index (κ1) is 12.4. The number of nitrogens with zero attached hydrogens (tertiary/aromatic N) is 1. The number of aliphatic carboxylic acids is 1. The highest BCUT2D eigenvalue weighted by atomic mass is 16.4. The first-order valence-electron chi connectivity index (χ1n) is 7.79. The number of piperidine rings is 1. The van der Waals surface area contributed by atoms with Crippen LogP contribution in [0.25, 0.3) is 0 Å². The highest BCUT2D eigenvalue weighted by Crippen LogP contribution is 2.59. The molecule has 1 saturated heterocycles. The molecule has 1 amide bonds. The topological polar surface area (TPSA) is 57.6 Å². The third kappa shape index (κ3) is 1.73. The maximum absolute atomic E-state index is 12.6. The third-order valence-corrected chi connectivity index (χ3v) is 6.15. The van der Waals surface area contributed by atoms with E-state index in [9.17, 15) is 9.59 Å². The van der Waals surface area contributed by atoms with Gasteiger partial charge in [-0.1, -0.05) is 12.2 Å². The van der Waals surface area contributed by atoms with Gasteiger partial charge in [-0.3, -0.25) is 9.59 Å². The Bertz CT molecular complexity index is 490. The van der Waals surface area contributed by atoms with Gasteiger partial charge >= 0.3 is 5.97 Å². The van der Waals surface area contributed by atoms with Gasteiger partial charge in [0.2, 0.25) is 5.91 Å². The molecule has 4 unspecified atom stereocenters. The lowest BCUT2D eigenvalue weighted by Crippen LogP contribution is -2.43. The SMILES string of the molecule is O=C(O)C1CC12CCN(C(=O)C1CC3C=CC1C3)CC2. The van der Waals surface area contributed by atoms with Gasteiger partial charge in [-0.05, 0) is 49.4 Å². The molecule has 0 radical (unpaired) electrons. The summed E-state index contributed by atoms with van der Waals surface area (Å²) in [5.74, 6) is 0.826. The van der Waals surface area contributed by atoms with Gasteiger partial charge in [0.25, 0.3) is 0 Å². The zero-order chi connectivity index (χ0) is 13.9. The lowest BCUT2D eigenvalue weighted by molar-refractivity contribution is -0.140. The van der Waals surface area contributed by atoms with Crippen LogP contribution >= 0.6 is 0 Å². The summed E-state index contributed by atoms with van der Waals surface area (Å²) >= 11 is 0. The Morgan fingerprint density at radius 2 is 1.90 bits per heavy atom. The number of rotatable bonds is 2. The van der Waals surface area contributed by atoms with E-state index in [2.05, 4.69) is 12.2 Å². The summed E-state index contributed by atoms with van der Waals surface area (Å²) in [6.07, 6.45) is 9.26. The van der Waals surface area contributed by atoms with Crippen molar-refractivity contribution in [3.05, 3.63) is 12.2 Å². The van der Waals surface area contributed by atoms with Crippen molar-refractivity contribution in [1.82, 2.24) is 4.90 Å². The van der Waals surface area contributed by atoms with Gasteiger partial charge in [0, 0.05) is 19.0 Å². The average Bonchev–Trinajstić information content (AvgIpc) is 2.83. The molecule has 4 aliphatic rings. The van der Waals surface area contributed by atoms with E-state index >= 15 is 0 Å². The van der Waals surface area contributed by atoms with Crippen molar-refractivity contribution in [3.8, 4) is 0 Å². The fourth-order valence-electron chi connectivity index (χ4n) is 4.72. The lowest BCUT2D eigenvalue weighted by atomic mass is 9.88. The number of amides is 1. The van der Waals surface area contributed by atoms with E-state index in [-0.39, 0.29) is 17.3 Å². The van der Waals surface area contributed by atoms with Gasteiger partial charge in [0.15, 0.2) is 0 Å². The standard InChI is InChI=1S/C16H21NO3/c18-14(12-8-10-1-2-11(12)7-10)17-5-3-16(4-6-17)9-13(16)15(19)20/h1-2,10-13H,3-9H2,(H,19,20). The number of carboxylic acid groups (broad SMARTS) is 1. The zero-order valence-electron chi connectivity index (χ0n) is 11.6. The molecule has 4 rings (SSSR count). The van der Waals surface area contributed by atoms with Crippen LogP contribution in [0.5, 0.6) is 0 Å². The van der Waals surface area contributed by atoms with Gasteiger partial charge in [-0.2, -0.15) is 0 Å². The number of hydrogen-bond donors (Lipinski definition) is 1. The monoisotopic (exact) mass is 275 g/mol. The smallest absolute Gasteiger partial charge is 0.307 e. The average molecular weight is 275 g/mol. The summed E-state index contributed by atoms with van der Waals surface area (Å²) in [7, 11) is 0. The predicted octanol–water partition coefficient (Wildman–Crippen LogP) is 1.91. The Morgan fingerprint density at radius 1 is 1.15 bits per heavy atom. The summed E-state index contributed by atoms with van der Waals surface area (Å²) in [6, 6.07) is 0. The number of likely N-dealkylation sites (tertiary alicyclic amines) is 1. The highest BCUT2D eigenvalue weighted by molar-refractivity contribution is 5.80. The van der Waals surface area contributed by atoms with Crippen LogP contribution in [0.3, 0.4) is 0 Å². The van der Waals surface area contributed by atoms with Crippen LogP contribution in [0.2, 0.25) is 0 Å². The van der Waals surface area contributed by atoms with Crippen molar-refractivity contribution in [2.24, 2.45) is 29.1 Å². The Kier molecular flexibility index (Phi) is 2.54. The molecule has 0 aromatic heterocycles. The van der Waals surface area contributed by atoms with Crippen molar-refractivity contribution in [2.45, 2.75) is 32.1 Å². The zero-order valence-corrected chi connectivity index (χ0v) is 11.6. The van der Waals surface area contributed by atoms with Crippen molar-refractivity contribution in [1.29, 1.82) is 0 Å². The summed E-state index contributed by atoms with van der Waals surface area (Å²) < 4.78 is 0. The van der Waals surface area contributed by atoms with Crippen molar-refractivity contribution >= 4 is 11.9 Å². The van der Waals surface area contributed by atoms with E-state index in [0.717, 1.165) is 45.2 Å². The fraction of sp³-hybridized carbons (Fsp3) is 0.750. The molecule has 2 saturated carbocycles. The van der Waals surface area contributed by atoms with Crippen LogP contribution in [0.15, 0.2) is 12.2 Å². The Balaban J connectivity index is 1.37. The largest absolute Gasteiger partial charge is 0.481 e. The quantitative estimate of drug-likeness (QED) is 0.783. The van der Waals surface area contributed by atoms with E-state index < -0.39 is 5.97 Å². The molecule has 108 valence electrons. The maximum atomic E-state index is 12.6. The molecule has 2 bridgehead atoms. The molecule has 4 atom stereocenters. The molecule has 3 fully saturated rings. The molecule has 1 spiro atoms. The first-order valence-corrected chi connectivity index (χ1v) is 7.79. The molecule has 4 nitrogen and oxygen atoms in total. The van der Waals surface area contributed by atoms with Crippen LogP contribution in [0, 0.1) is 29.1 Å². The Hall–Kier alpha value is -1.32. The van der Waals surface area contributed by atoms with Gasteiger partial charge in [0.05, 0.1) is 5.92 Å². The second-order valence-electron chi connectivity index (χ2n) is 7.17. The van der Waals surface area contributed by atoms with E-state index in [1.54, 1.807) is 0 Å². The molecule has 1 aliphatic heterocycles. The summed E-state index contributed by atoms with van der Waals surface area (Å²) in [5, 5.41) is 9.10. The van der Waals surface area contributed by atoms with Crippen LogP contribution < -0.4 is 0 Å². The van der Waals surface area contributed by atoms with Crippen molar-refractivity contribution < 1.29 is 14.7 Å². The second kappa shape index (κ2) is 4.09. The molecule has 1 heterocycles. The maximum Gasteiger partial charge on any atom is 0.307 e. The van der Waals surface area contributed by atoms with E-state index in [4.69, 9.17) is 5.11 Å². The number of carboxylic acids is 1. The number of fused-ring (bicyclic) bond motifs is 2. The van der Waals surface area contributed by atoms with Crippen LogP contribution in [-0.4, -0.2) is 35.0 Å². The van der Waals surface area contributed by atoms with Crippen LogP contribution in [0.4, 0.5) is 0 Å². The molecule has 3 aliphatic carbocycles. The van der Waals surface area contributed by atoms with Gasteiger partial charge in [0.1, 0.15) is 0 Å². The Morgan fingerprint density at radius 3 is 2.40 bits per heavy atom. The van der Waals surface area contributed by atoms with E-state index in [1.807, 2.05) is 4.90 Å². The minimum absolute atomic E-state index is 0.0250. The predicted molar refractivity (Wildman–Crippen MR) is 72.8 cm³/mol. The number of allylic oxidation sites excluding steroid dienone is 2. The molecular formula is C16H21NO3. The van der Waals surface area contributed by atoms with E-state index in [0.29, 0.717) is 17.7 Å². The highest BCUT2D eigenvalue weighted by Gasteiger charge is 2.59. The fourth-order valence-corrected chi connectivity index (χ4v) is 4.72. The molecule has 20 heavy (non-hydrogen) atoms. The normalized spacial score (nSPS) is 40.3. The van der Waals surface area contributed by atoms with E-state index in [1.165, 1.54) is 0 Å².